The summed E-state index contributed by atoms with van der Waals surface area (Å²) in [5.74, 6) is -1.02. The second-order valence-corrected chi connectivity index (χ2v) is 4.25. The first kappa shape index (κ1) is 11.9. The lowest BCUT2D eigenvalue weighted by atomic mass is 10.1. The van der Waals surface area contributed by atoms with E-state index in [-0.39, 0.29) is 5.69 Å². The molecule has 0 radical (unpaired) electrons. The molecular weight excluding hydrogens is 284 g/mol. The van der Waals surface area contributed by atoms with Crippen molar-refractivity contribution in [3.05, 3.63) is 40.6 Å². The number of nitrogens with zero attached hydrogens (tertiary/aromatic N) is 2. The third-order valence-electron chi connectivity index (χ3n) is 2.45. The van der Waals surface area contributed by atoms with E-state index in [0.717, 1.165) is 5.56 Å². The van der Waals surface area contributed by atoms with E-state index in [1.807, 2.05) is 37.3 Å². The van der Waals surface area contributed by atoms with E-state index < -0.39 is 5.97 Å². The quantitative estimate of drug-likeness (QED) is 0.947. The maximum atomic E-state index is 11.2. The zero-order valence-corrected chi connectivity index (χ0v) is 10.8. The highest BCUT2D eigenvalue weighted by atomic mass is 79.9. The largest absolute Gasteiger partial charge is 0.476 e. The molecule has 0 saturated heterocycles. The van der Waals surface area contributed by atoms with Crippen LogP contribution in [0.5, 0.6) is 0 Å². The first-order valence-electron chi connectivity index (χ1n) is 5.20. The number of carbonyl (C=O) groups is 1. The van der Waals surface area contributed by atoms with Gasteiger partial charge in [0.05, 0.1) is 0 Å². The zero-order chi connectivity index (χ0) is 12.4. The minimum atomic E-state index is -1.02. The lowest BCUT2D eigenvalue weighted by Crippen LogP contribution is -2.02. The molecule has 2 aromatic rings. The van der Waals surface area contributed by atoms with Crippen LogP contribution in [-0.4, -0.2) is 20.9 Å². The second kappa shape index (κ2) is 4.71. The Morgan fingerprint density at radius 2 is 2.06 bits per heavy atom. The number of rotatable bonds is 3. The van der Waals surface area contributed by atoms with Gasteiger partial charge in [-0.1, -0.05) is 30.3 Å². The number of carboxylic acids is 1. The Morgan fingerprint density at radius 1 is 1.41 bits per heavy atom. The van der Waals surface area contributed by atoms with Crippen LogP contribution in [-0.2, 0) is 6.54 Å². The SMILES string of the molecule is CCn1nc(C(=O)O)c(-c2ccccc2)c1Br. The van der Waals surface area contributed by atoms with Gasteiger partial charge in [-0.25, -0.2) is 4.79 Å². The summed E-state index contributed by atoms with van der Waals surface area (Å²) in [5, 5.41) is 13.2. The van der Waals surface area contributed by atoms with Crippen LogP contribution < -0.4 is 0 Å². The summed E-state index contributed by atoms with van der Waals surface area (Å²) in [4.78, 5) is 11.2. The van der Waals surface area contributed by atoms with E-state index in [4.69, 9.17) is 5.11 Å². The van der Waals surface area contributed by atoms with Crippen molar-refractivity contribution in [2.75, 3.05) is 0 Å². The van der Waals surface area contributed by atoms with Gasteiger partial charge in [0.1, 0.15) is 4.60 Å². The van der Waals surface area contributed by atoms with Crippen molar-refractivity contribution < 1.29 is 9.90 Å². The highest BCUT2D eigenvalue weighted by molar-refractivity contribution is 9.10. The van der Waals surface area contributed by atoms with Crippen LogP contribution in [0.15, 0.2) is 34.9 Å². The second-order valence-electron chi connectivity index (χ2n) is 3.50. The predicted octanol–water partition coefficient (Wildman–Crippen LogP) is 3.03. The van der Waals surface area contributed by atoms with E-state index in [2.05, 4.69) is 21.0 Å². The molecule has 17 heavy (non-hydrogen) atoms. The molecule has 1 aromatic carbocycles. The summed E-state index contributed by atoms with van der Waals surface area (Å²) in [6, 6.07) is 9.37. The van der Waals surface area contributed by atoms with Gasteiger partial charge in [0, 0.05) is 12.1 Å². The number of halogens is 1. The van der Waals surface area contributed by atoms with Crippen molar-refractivity contribution in [2.45, 2.75) is 13.5 Å². The van der Waals surface area contributed by atoms with Crippen molar-refractivity contribution in [3.63, 3.8) is 0 Å². The third kappa shape index (κ3) is 2.10. The van der Waals surface area contributed by atoms with E-state index in [1.165, 1.54) is 0 Å². The van der Waals surface area contributed by atoms with Gasteiger partial charge in [-0.2, -0.15) is 5.10 Å². The predicted molar refractivity (Wildman–Crippen MR) is 68.0 cm³/mol. The number of hydrogen-bond donors (Lipinski definition) is 1. The Balaban J connectivity index is 2.67. The van der Waals surface area contributed by atoms with E-state index in [9.17, 15) is 4.79 Å². The van der Waals surface area contributed by atoms with E-state index >= 15 is 0 Å². The Morgan fingerprint density at radius 3 is 2.59 bits per heavy atom. The summed E-state index contributed by atoms with van der Waals surface area (Å²) in [7, 11) is 0. The van der Waals surface area contributed by atoms with Crippen LogP contribution in [0.1, 0.15) is 17.4 Å². The molecule has 0 fully saturated rings. The van der Waals surface area contributed by atoms with Crippen molar-refractivity contribution in [1.82, 2.24) is 9.78 Å². The van der Waals surface area contributed by atoms with Gasteiger partial charge >= 0.3 is 5.97 Å². The molecule has 1 N–H and O–H groups in total. The van der Waals surface area contributed by atoms with E-state index in [0.29, 0.717) is 16.7 Å². The number of benzene rings is 1. The molecule has 0 unspecified atom stereocenters. The molecular formula is C12H11BrN2O2. The lowest BCUT2D eigenvalue weighted by molar-refractivity contribution is 0.0690. The number of aromatic carboxylic acids is 1. The highest BCUT2D eigenvalue weighted by Crippen LogP contribution is 2.31. The summed E-state index contributed by atoms with van der Waals surface area (Å²) in [5.41, 5.74) is 1.54. The first-order valence-corrected chi connectivity index (χ1v) is 5.99. The number of aromatic nitrogens is 2. The molecule has 0 amide bonds. The Labute approximate surface area is 107 Å². The van der Waals surface area contributed by atoms with Gasteiger partial charge in [-0.05, 0) is 28.4 Å². The molecule has 88 valence electrons. The molecule has 4 nitrogen and oxygen atoms in total. The normalized spacial score (nSPS) is 10.5. The van der Waals surface area contributed by atoms with Gasteiger partial charge in [-0.15, -0.1) is 0 Å². The van der Waals surface area contributed by atoms with Crippen LogP contribution in [0, 0.1) is 0 Å². The summed E-state index contributed by atoms with van der Waals surface area (Å²) in [6.45, 7) is 2.53. The van der Waals surface area contributed by atoms with Gasteiger partial charge in [0.2, 0.25) is 0 Å². The van der Waals surface area contributed by atoms with Crippen LogP contribution in [0.2, 0.25) is 0 Å². The summed E-state index contributed by atoms with van der Waals surface area (Å²) >= 11 is 3.40. The summed E-state index contributed by atoms with van der Waals surface area (Å²) < 4.78 is 2.33. The summed E-state index contributed by atoms with van der Waals surface area (Å²) in [6.07, 6.45) is 0. The first-order chi connectivity index (χ1) is 8.15. The fourth-order valence-electron chi connectivity index (χ4n) is 1.66. The standard InChI is InChI=1S/C12H11BrN2O2/c1-2-15-11(13)9(10(14-15)12(16)17)8-6-4-3-5-7-8/h3-7H,2H2,1H3,(H,16,17). The van der Waals surface area contributed by atoms with Gasteiger partial charge in [0.25, 0.3) is 0 Å². The van der Waals surface area contributed by atoms with Crippen molar-refractivity contribution >= 4 is 21.9 Å². The van der Waals surface area contributed by atoms with Crippen molar-refractivity contribution in [2.24, 2.45) is 0 Å². The molecule has 2 rings (SSSR count). The minimum absolute atomic E-state index is 0.0740. The molecule has 5 heteroatoms. The molecule has 0 aliphatic rings. The molecule has 0 atom stereocenters. The molecule has 0 aliphatic carbocycles. The molecule has 0 spiro atoms. The van der Waals surface area contributed by atoms with Crippen molar-refractivity contribution in [3.8, 4) is 11.1 Å². The van der Waals surface area contributed by atoms with Crippen LogP contribution in [0.3, 0.4) is 0 Å². The average Bonchev–Trinajstić information content (AvgIpc) is 2.67. The topological polar surface area (TPSA) is 55.1 Å². The monoisotopic (exact) mass is 294 g/mol. The van der Waals surface area contributed by atoms with Gasteiger partial charge in [-0.3, -0.25) is 4.68 Å². The highest BCUT2D eigenvalue weighted by Gasteiger charge is 2.21. The molecule has 1 aromatic heterocycles. The minimum Gasteiger partial charge on any atom is -0.476 e. The Kier molecular flexibility index (Phi) is 3.28. The molecule has 0 aliphatic heterocycles. The molecule has 0 bridgehead atoms. The Bertz CT molecular complexity index is 549. The van der Waals surface area contributed by atoms with Crippen LogP contribution >= 0.6 is 15.9 Å². The van der Waals surface area contributed by atoms with Crippen LogP contribution in [0.4, 0.5) is 0 Å². The number of hydrogen-bond acceptors (Lipinski definition) is 2. The fraction of sp³-hybridized carbons (Fsp3) is 0.167. The maximum Gasteiger partial charge on any atom is 0.357 e. The number of aryl methyl sites for hydroxylation is 1. The zero-order valence-electron chi connectivity index (χ0n) is 9.22. The van der Waals surface area contributed by atoms with Crippen LogP contribution in [0.25, 0.3) is 11.1 Å². The fourth-order valence-corrected chi connectivity index (χ4v) is 2.41. The Hall–Kier alpha value is -1.62. The number of carboxylic acid groups (broad SMARTS) is 1. The smallest absolute Gasteiger partial charge is 0.357 e. The average molecular weight is 295 g/mol. The van der Waals surface area contributed by atoms with Crippen molar-refractivity contribution in [1.29, 1.82) is 0 Å². The maximum absolute atomic E-state index is 11.2. The van der Waals surface area contributed by atoms with Gasteiger partial charge in [0.15, 0.2) is 5.69 Å². The lowest BCUT2D eigenvalue weighted by Gasteiger charge is -2.01. The molecule has 0 saturated carbocycles. The molecule has 1 heterocycles. The third-order valence-corrected chi connectivity index (χ3v) is 3.26. The van der Waals surface area contributed by atoms with E-state index in [1.54, 1.807) is 4.68 Å². The van der Waals surface area contributed by atoms with Gasteiger partial charge < -0.3 is 5.11 Å².